The molecule has 0 aliphatic carbocycles. The van der Waals surface area contributed by atoms with E-state index in [4.69, 9.17) is 9.47 Å². The third-order valence-electron chi connectivity index (χ3n) is 4.78. The number of hydrogen-bond acceptors (Lipinski definition) is 6. The fourth-order valence-electron chi connectivity index (χ4n) is 3.43. The van der Waals surface area contributed by atoms with Crippen LogP contribution >= 0.6 is 0 Å². The minimum absolute atomic E-state index is 0.0284. The Morgan fingerprint density at radius 2 is 1.82 bits per heavy atom. The predicted molar refractivity (Wildman–Crippen MR) is 105 cm³/mol. The maximum absolute atomic E-state index is 12.5. The molecule has 2 heterocycles. The molecule has 1 aromatic carbocycles. The van der Waals surface area contributed by atoms with E-state index < -0.39 is 11.9 Å². The number of hydrogen-bond donors (Lipinski definition) is 1. The summed E-state index contributed by atoms with van der Waals surface area (Å²) in [4.78, 5) is 38.4. The maximum atomic E-state index is 12.5. The van der Waals surface area contributed by atoms with Crippen LogP contribution in [0.5, 0.6) is 0 Å². The molecule has 2 aliphatic rings. The fraction of sp³-hybridized carbons (Fsp3) is 0.286. The topological polar surface area (TPSA) is 84.9 Å². The predicted octanol–water partition coefficient (Wildman–Crippen LogP) is 2.80. The van der Waals surface area contributed by atoms with Crippen LogP contribution in [-0.4, -0.2) is 32.1 Å². The van der Waals surface area contributed by atoms with Crippen molar-refractivity contribution in [3.05, 3.63) is 59.5 Å². The molecule has 0 saturated carbocycles. The van der Waals surface area contributed by atoms with Gasteiger partial charge in [-0.2, -0.15) is 0 Å². The monoisotopic (exact) mass is 382 g/mol. The lowest BCUT2D eigenvalue weighted by molar-refractivity contribution is -0.139. The first-order valence-corrected chi connectivity index (χ1v) is 8.78. The van der Waals surface area contributed by atoms with Crippen molar-refractivity contribution in [2.24, 2.45) is 0 Å². The van der Waals surface area contributed by atoms with E-state index in [0.717, 1.165) is 5.56 Å². The number of anilines is 2. The van der Waals surface area contributed by atoms with E-state index in [0.29, 0.717) is 17.8 Å². The summed E-state index contributed by atoms with van der Waals surface area (Å²) in [5, 5.41) is 2.88. The summed E-state index contributed by atoms with van der Waals surface area (Å²) in [7, 11) is 2.49. The lowest BCUT2D eigenvalue weighted by Crippen LogP contribution is -2.33. The molecule has 146 valence electrons. The molecule has 0 bridgehead atoms. The Bertz CT molecular complexity index is 940. The van der Waals surface area contributed by atoms with E-state index >= 15 is 0 Å². The fourth-order valence-corrected chi connectivity index (χ4v) is 3.43. The first-order valence-electron chi connectivity index (χ1n) is 8.78. The van der Waals surface area contributed by atoms with E-state index in [-0.39, 0.29) is 22.6 Å². The lowest BCUT2D eigenvalue weighted by Gasteiger charge is -2.33. The normalized spacial score (nSPS) is 17.6. The summed E-state index contributed by atoms with van der Waals surface area (Å²) in [5.41, 5.74) is 2.07. The molecule has 3 rings (SSSR count). The summed E-state index contributed by atoms with van der Waals surface area (Å²) in [5.74, 6) is -1.40. The van der Waals surface area contributed by atoms with Crippen LogP contribution in [-0.2, 0) is 29.3 Å². The second-order valence-electron chi connectivity index (χ2n) is 7.15. The van der Waals surface area contributed by atoms with Gasteiger partial charge >= 0.3 is 11.9 Å². The number of rotatable bonds is 3. The number of amides is 1. The van der Waals surface area contributed by atoms with Crippen LogP contribution in [0.2, 0.25) is 0 Å². The number of esters is 2. The van der Waals surface area contributed by atoms with Crippen LogP contribution < -0.4 is 10.2 Å². The van der Waals surface area contributed by atoms with Crippen LogP contribution in [0.15, 0.2) is 53.9 Å². The van der Waals surface area contributed by atoms with Gasteiger partial charge < -0.3 is 19.7 Å². The second kappa shape index (κ2) is 7.34. The van der Waals surface area contributed by atoms with Crippen molar-refractivity contribution < 1.29 is 23.9 Å². The van der Waals surface area contributed by atoms with Gasteiger partial charge in [0.05, 0.1) is 19.8 Å². The molecule has 1 N–H and O–H groups in total. The van der Waals surface area contributed by atoms with Gasteiger partial charge in [0.2, 0.25) is 5.91 Å². The first-order chi connectivity index (χ1) is 13.3. The molecule has 0 aromatic heterocycles. The van der Waals surface area contributed by atoms with Gasteiger partial charge in [-0.3, -0.25) is 4.79 Å². The molecule has 1 aromatic rings. The summed E-state index contributed by atoms with van der Waals surface area (Å²) >= 11 is 0. The SMILES string of the molecule is COC(=O)C1=C(C(=O)OC)N(c2ccc3c(c2)NC(=O)CC3(C)C)C=CC=C1. The Labute approximate surface area is 163 Å². The molecule has 0 saturated heterocycles. The average Bonchev–Trinajstić information content (AvgIpc) is 2.88. The highest BCUT2D eigenvalue weighted by molar-refractivity contribution is 6.05. The van der Waals surface area contributed by atoms with Crippen LogP contribution in [0.25, 0.3) is 0 Å². The molecule has 7 nitrogen and oxygen atoms in total. The number of ether oxygens (including phenoxy) is 2. The lowest BCUT2D eigenvalue weighted by atomic mass is 9.78. The van der Waals surface area contributed by atoms with Crippen molar-refractivity contribution in [1.82, 2.24) is 0 Å². The largest absolute Gasteiger partial charge is 0.465 e. The highest BCUT2D eigenvalue weighted by atomic mass is 16.5. The zero-order chi connectivity index (χ0) is 20.5. The van der Waals surface area contributed by atoms with Gasteiger partial charge in [-0.1, -0.05) is 26.0 Å². The number of fused-ring (bicyclic) bond motifs is 1. The summed E-state index contributed by atoms with van der Waals surface area (Å²) in [6, 6.07) is 5.54. The Hall–Kier alpha value is -3.35. The molecule has 0 fully saturated rings. The van der Waals surface area contributed by atoms with Crippen LogP contribution in [0.3, 0.4) is 0 Å². The Balaban J connectivity index is 2.16. The average molecular weight is 382 g/mol. The molecule has 0 spiro atoms. The van der Waals surface area contributed by atoms with Gasteiger partial charge in [0.15, 0.2) is 0 Å². The van der Waals surface area contributed by atoms with Gasteiger partial charge in [-0.05, 0) is 29.8 Å². The Morgan fingerprint density at radius 3 is 2.50 bits per heavy atom. The van der Waals surface area contributed by atoms with Gasteiger partial charge in [0, 0.05) is 29.4 Å². The summed E-state index contributed by atoms with van der Waals surface area (Å²) < 4.78 is 9.72. The molecule has 0 unspecified atom stereocenters. The zero-order valence-corrected chi connectivity index (χ0v) is 16.2. The molecular formula is C21H22N2O5. The Kier molecular flexibility index (Phi) is 5.09. The van der Waals surface area contributed by atoms with Crippen LogP contribution in [0.1, 0.15) is 25.8 Å². The van der Waals surface area contributed by atoms with Crippen LogP contribution in [0, 0.1) is 0 Å². The molecule has 28 heavy (non-hydrogen) atoms. The third-order valence-corrected chi connectivity index (χ3v) is 4.78. The number of carbonyl (C=O) groups is 3. The van der Waals surface area contributed by atoms with Crippen molar-refractivity contribution in [1.29, 1.82) is 0 Å². The number of nitrogens with one attached hydrogen (secondary N) is 1. The number of allylic oxidation sites excluding steroid dienone is 2. The van der Waals surface area contributed by atoms with Crippen LogP contribution in [0.4, 0.5) is 11.4 Å². The van der Waals surface area contributed by atoms with E-state index in [1.807, 2.05) is 26.0 Å². The second-order valence-corrected chi connectivity index (χ2v) is 7.15. The van der Waals surface area contributed by atoms with E-state index in [1.165, 1.54) is 20.3 Å². The number of carbonyl (C=O) groups excluding carboxylic acids is 3. The third kappa shape index (κ3) is 3.43. The van der Waals surface area contributed by atoms with Crippen molar-refractivity contribution >= 4 is 29.2 Å². The minimum Gasteiger partial charge on any atom is -0.465 e. The maximum Gasteiger partial charge on any atom is 0.355 e. The van der Waals surface area contributed by atoms with Gasteiger partial charge in [0.1, 0.15) is 5.70 Å². The number of nitrogens with zero attached hydrogens (tertiary/aromatic N) is 1. The highest BCUT2D eigenvalue weighted by Crippen LogP contribution is 2.40. The number of benzene rings is 1. The molecule has 0 radical (unpaired) electrons. The zero-order valence-electron chi connectivity index (χ0n) is 16.2. The quantitative estimate of drug-likeness (QED) is 0.809. The first kappa shape index (κ1) is 19.4. The number of methoxy groups -OCH3 is 2. The molecule has 1 amide bonds. The molecule has 0 atom stereocenters. The van der Waals surface area contributed by atoms with Gasteiger partial charge in [-0.15, -0.1) is 0 Å². The van der Waals surface area contributed by atoms with Gasteiger partial charge in [0.25, 0.3) is 0 Å². The van der Waals surface area contributed by atoms with E-state index in [2.05, 4.69) is 5.32 Å². The Morgan fingerprint density at radius 1 is 1.11 bits per heavy atom. The van der Waals surface area contributed by atoms with E-state index in [1.54, 1.807) is 29.3 Å². The van der Waals surface area contributed by atoms with Crippen molar-refractivity contribution in [3.63, 3.8) is 0 Å². The van der Waals surface area contributed by atoms with E-state index in [9.17, 15) is 14.4 Å². The standard InChI is InChI=1S/C21H22N2O5/c1-21(2)12-17(24)22-16-11-13(8-9-15(16)21)23-10-6-5-7-14(19(25)27-3)18(23)20(26)28-4/h5-11H,12H2,1-4H3,(H,22,24). The van der Waals surface area contributed by atoms with Gasteiger partial charge in [-0.25, -0.2) is 9.59 Å². The minimum atomic E-state index is -0.682. The molecular weight excluding hydrogens is 360 g/mol. The van der Waals surface area contributed by atoms with Crippen molar-refractivity contribution in [2.75, 3.05) is 24.4 Å². The molecule has 2 aliphatic heterocycles. The summed E-state index contributed by atoms with van der Waals surface area (Å²) in [6.45, 7) is 4.02. The van der Waals surface area contributed by atoms with Crippen molar-refractivity contribution in [3.8, 4) is 0 Å². The van der Waals surface area contributed by atoms with Crippen molar-refractivity contribution in [2.45, 2.75) is 25.7 Å². The molecule has 7 heteroatoms. The smallest absolute Gasteiger partial charge is 0.355 e. The summed E-state index contributed by atoms with van der Waals surface area (Å²) in [6.07, 6.45) is 6.88. The highest BCUT2D eigenvalue weighted by Gasteiger charge is 2.33.